The number of aryl methyl sites for hydroxylation is 1. The summed E-state index contributed by atoms with van der Waals surface area (Å²) in [4.78, 5) is 11.1. The van der Waals surface area contributed by atoms with Gasteiger partial charge in [0, 0.05) is 25.7 Å². The summed E-state index contributed by atoms with van der Waals surface area (Å²) < 4.78 is 0. The lowest BCUT2D eigenvalue weighted by molar-refractivity contribution is 0.606. The molecule has 1 heterocycles. The Labute approximate surface area is 122 Å². The van der Waals surface area contributed by atoms with E-state index in [2.05, 4.69) is 47.0 Å². The molecular formula is C15H25N5. The van der Waals surface area contributed by atoms with Crippen molar-refractivity contribution in [2.45, 2.75) is 40.5 Å². The maximum atomic E-state index is 8.80. The van der Waals surface area contributed by atoms with Crippen LogP contribution in [0.3, 0.4) is 0 Å². The second-order valence-corrected chi connectivity index (χ2v) is 5.33. The fourth-order valence-electron chi connectivity index (χ4n) is 1.98. The summed E-state index contributed by atoms with van der Waals surface area (Å²) >= 11 is 0. The number of rotatable bonds is 8. The first-order valence-corrected chi connectivity index (χ1v) is 7.28. The van der Waals surface area contributed by atoms with Gasteiger partial charge in [0.25, 0.3) is 0 Å². The highest BCUT2D eigenvalue weighted by atomic mass is 15.2. The van der Waals surface area contributed by atoms with Crippen LogP contribution < -0.4 is 10.2 Å². The fourth-order valence-corrected chi connectivity index (χ4v) is 1.98. The minimum absolute atomic E-state index is 0.507. The fraction of sp³-hybridized carbons (Fsp3) is 0.667. The lowest BCUT2D eigenvalue weighted by Gasteiger charge is -2.25. The molecule has 0 saturated heterocycles. The van der Waals surface area contributed by atoms with E-state index in [0.717, 1.165) is 37.0 Å². The molecule has 0 saturated carbocycles. The van der Waals surface area contributed by atoms with Crippen LogP contribution in [0.4, 0.5) is 11.6 Å². The quantitative estimate of drug-likeness (QED) is 0.790. The molecular weight excluding hydrogens is 250 g/mol. The van der Waals surface area contributed by atoms with Crippen molar-refractivity contribution in [3.05, 3.63) is 11.9 Å². The van der Waals surface area contributed by atoms with Gasteiger partial charge < -0.3 is 10.2 Å². The van der Waals surface area contributed by atoms with Crippen molar-refractivity contribution < 1.29 is 0 Å². The highest BCUT2D eigenvalue weighted by Crippen LogP contribution is 2.17. The van der Waals surface area contributed by atoms with Gasteiger partial charge in [-0.05, 0) is 19.3 Å². The normalized spacial score (nSPS) is 10.4. The van der Waals surface area contributed by atoms with Crippen LogP contribution in [0.5, 0.6) is 0 Å². The summed E-state index contributed by atoms with van der Waals surface area (Å²) in [5, 5.41) is 12.1. The molecule has 1 aromatic heterocycles. The molecule has 0 aliphatic carbocycles. The molecule has 20 heavy (non-hydrogen) atoms. The zero-order valence-corrected chi connectivity index (χ0v) is 13.0. The van der Waals surface area contributed by atoms with E-state index in [9.17, 15) is 0 Å². The lowest BCUT2D eigenvalue weighted by Crippen LogP contribution is -2.29. The van der Waals surface area contributed by atoms with Crippen LogP contribution in [0.2, 0.25) is 0 Å². The number of hydrogen-bond donors (Lipinski definition) is 1. The van der Waals surface area contributed by atoms with E-state index in [4.69, 9.17) is 5.26 Å². The highest BCUT2D eigenvalue weighted by molar-refractivity contribution is 5.49. The molecule has 0 unspecified atom stereocenters. The highest BCUT2D eigenvalue weighted by Gasteiger charge is 2.12. The molecule has 1 rings (SSSR count). The third-order valence-electron chi connectivity index (χ3n) is 2.78. The second-order valence-electron chi connectivity index (χ2n) is 5.33. The lowest BCUT2D eigenvalue weighted by atomic mass is 10.2. The van der Waals surface area contributed by atoms with Gasteiger partial charge >= 0.3 is 0 Å². The number of aromatic nitrogens is 2. The van der Waals surface area contributed by atoms with Gasteiger partial charge in [-0.1, -0.05) is 20.8 Å². The van der Waals surface area contributed by atoms with Crippen molar-refractivity contribution in [3.8, 4) is 6.07 Å². The van der Waals surface area contributed by atoms with Crippen LogP contribution in [-0.4, -0.2) is 29.6 Å². The zero-order chi connectivity index (χ0) is 15.0. The van der Waals surface area contributed by atoms with E-state index in [1.807, 2.05) is 13.0 Å². The average Bonchev–Trinajstić information content (AvgIpc) is 2.40. The Hall–Kier alpha value is -1.83. The van der Waals surface area contributed by atoms with Crippen LogP contribution in [0.1, 0.15) is 39.4 Å². The van der Waals surface area contributed by atoms with Crippen LogP contribution in [0, 0.1) is 24.2 Å². The van der Waals surface area contributed by atoms with Gasteiger partial charge in [-0.25, -0.2) is 9.97 Å². The predicted octanol–water partition coefficient (Wildman–Crippen LogP) is 2.98. The topological polar surface area (TPSA) is 64.8 Å². The summed E-state index contributed by atoms with van der Waals surface area (Å²) in [5.74, 6) is 3.04. The summed E-state index contributed by atoms with van der Waals surface area (Å²) in [7, 11) is 0. The molecule has 0 aromatic carbocycles. The molecule has 5 nitrogen and oxygen atoms in total. The Kier molecular flexibility index (Phi) is 6.78. The number of nitrogens with one attached hydrogen (secondary N) is 1. The van der Waals surface area contributed by atoms with Crippen molar-refractivity contribution >= 4 is 11.6 Å². The molecule has 0 atom stereocenters. The largest absolute Gasteiger partial charge is 0.370 e. The van der Waals surface area contributed by atoms with Crippen LogP contribution in [0.15, 0.2) is 6.07 Å². The average molecular weight is 275 g/mol. The SMILES string of the molecule is CCCNc1cc(N(CCC#N)CC(C)C)nc(C)n1. The summed E-state index contributed by atoms with van der Waals surface area (Å²) in [6.07, 6.45) is 1.57. The molecule has 0 amide bonds. The number of nitrogens with zero attached hydrogens (tertiary/aromatic N) is 4. The Morgan fingerprint density at radius 2 is 2.15 bits per heavy atom. The van der Waals surface area contributed by atoms with Gasteiger partial charge in [-0.3, -0.25) is 0 Å². The van der Waals surface area contributed by atoms with E-state index >= 15 is 0 Å². The Bertz CT molecular complexity index is 450. The summed E-state index contributed by atoms with van der Waals surface area (Å²) in [6, 6.07) is 4.18. The van der Waals surface area contributed by atoms with E-state index in [-0.39, 0.29) is 0 Å². The molecule has 0 radical (unpaired) electrons. The summed E-state index contributed by atoms with van der Waals surface area (Å²) in [5.41, 5.74) is 0. The molecule has 0 spiro atoms. The molecule has 110 valence electrons. The predicted molar refractivity (Wildman–Crippen MR) is 82.8 cm³/mol. The number of nitriles is 1. The summed E-state index contributed by atoms with van der Waals surface area (Å²) in [6.45, 7) is 10.9. The minimum atomic E-state index is 0.507. The molecule has 1 N–H and O–H groups in total. The van der Waals surface area contributed by atoms with E-state index in [1.165, 1.54) is 0 Å². The third-order valence-corrected chi connectivity index (χ3v) is 2.78. The first-order chi connectivity index (χ1) is 9.56. The Morgan fingerprint density at radius 3 is 2.75 bits per heavy atom. The van der Waals surface area contributed by atoms with Gasteiger partial charge in [-0.2, -0.15) is 5.26 Å². The zero-order valence-electron chi connectivity index (χ0n) is 13.0. The second kappa shape index (κ2) is 8.36. The van der Waals surface area contributed by atoms with E-state index in [1.54, 1.807) is 0 Å². The Morgan fingerprint density at radius 1 is 1.40 bits per heavy atom. The monoisotopic (exact) mass is 275 g/mol. The Balaban J connectivity index is 2.93. The van der Waals surface area contributed by atoms with Gasteiger partial charge in [0.1, 0.15) is 17.5 Å². The van der Waals surface area contributed by atoms with Gasteiger partial charge in [0.05, 0.1) is 12.5 Å². The van der Waals surface area contributed by atoms with Crippen molar-refractivity contribution in [1.29, 1.82) is 5.26 Å². The van der Waals surface area contributed by atoms with Crippen molar-refractivity contribution in [3.63, 3.8) is 0 Å². The number of anilines is 2. The number of hydrogen-bond acceptors (Lipinski definition) is 5. The van der Waals surface area contributed by atoms with Crippen molar-refractivity contribution in [2.75, 3.05) is 29.9 Å². The van der Waals surface area contributed by atoms with Gasteiger partial charge in [0.15, 0.2) is 0 Å². The van der Waals surface area contributed by atoms with Crippen molar-refractivity contribution in [1.82, 2.24) is 9.97 Å². The first-order valence-electron chi connectivity index (χ1n) is 7.28. The standard InChI is InChI=1S/C15H25N5/c1-5-8-17-14-10-15(19-13(4)18-14)20(9-6-7-16)11-12(2)3/h10,12H,5-6,8-9,11H2,1-4H3,(H,17,18,19). The van der Waals surface area contributed by atoms with Crippen LogP contribution in [-0.2, 0) is 0 Å². The van der Waals surface area contributed by atoms with Crippen molar-refractivity contribution in [2.24, 2.45) is 5.92 Å². The van der Waals surface area contributed by atoms with Gasteiger partial charge in [0.2, 0.25) is 0 Å². The molecule has 0 aliphatic heterocycles. The molecule has 5 heteroatoms. The molecule has 0 bridgehead atoms. The maximum Gasteiger partial charge on any atom is 0.134 e. The minimum Gasteiger partial charge on any atom is -0.370 e. The van der Waals surface area contributed by atoms with E-state index in [0.29, 0.717) is 18.9 Å². The molecule has 0 aliphatic rings. The maximum absolute atomic E-state index is 8.80. The molecule has 0 fully saturated rings. The molecule has 1 aromatic rings. The van der Waals surface area contributed by atoms with Crippen LogP contribution >= 0.6 is 0 Å². The first kappa shape index (κ1) is 16.2. The van der Waals surface area contributed by atoms with E-state index < -0.39 is 0 Å². The third kappa shape index (κ3) is 5.43. The van der Waals surface area contributed by atoms with Crippen LogP contribution in [0.25, 0.3) is 0 Å². The van der Waals surface area contributed by atoms with Gasteiger partial charge in [-0.15, -0.1) is 0 Å². The smallest absolute Gasteiger partial charge is 0.134 e.